The van der Waals surface area contributed by atoms with E-state index < -0.39 is 0 Å². The summed E-state index contributed by atoms with van der Waals surface area (Å²) in [5, 5.41) is 3.72. The molecule has 0 fully saturated rings. The van der Waals surface area contributed by atoms with Gasteiger partial charge in [0.1, 0.15) is 16.8 Å². The van der Waals surface area contributed by atoms with Gasteiger partial charge in [-0.15, -0.1) is 0 Å². The van der Waals surface area contributed by atoms with Gasteiger partial charge in [0.25, 0.3) is 0 Å². The second-order valence-corrected chi connectivity index (χ2v) is 4.16. The van der Waals surface area contributed by atoms with Crippen LogP contribution in [0.25, 0.3) is 0 Å². The van der Waals surface area contributed by atoms with Crippen molar-refractivity contribution in [3.8, 4) is 0 Å². The molecule has 0 spiro atoms. The van der Waals surface area contributed by atoms with Gasteiger partial charge in [0.15, 0.2) is 0 Å². The van der Waals surface area contributed by atoms with Gasteiger partial charge in [-0.2, -0.15) is 0 Å². The van der Waals surface area contributed by atoms with Crippen LogP contribution in [0.2, 0.25) is 5.15 Å². The van der Waals surface area contributed by atoms with Crippen LogP contribution in [0.3, 0.4) is 0 Å². The van der Waals surface area contributed by atoms with Gasteiger partial charge in [-0.05, 0) is 31.5 Å². The molecule has 0 bridgehead atoms. The quantitative estimate of drug-likeness (QED) is 0.849. The van der Waals surface area contributed by atoms with Crippen LogP contribution in [0.1, 0.15) is 24.4 Å². The molecule has 1 N–H and O–H groups in total. The number of anilines is 1. The van der Waals surface area contributed by atoms with E-state index in [4.69, 9.17) is 11.6 Å². The van der Waals surface area contributed by atoms with Crippen molar-refractivity contribution in [3.05, 3.63) is 47.1 Å². The number of aryl methyl sites for hydroxylation is 1. The summed E-state index contributed by atoms with van der Waals surface area (Å²) in [5.41, 5.74) is 1.15. The van der Waals surface area contributed by atoms with E-state index in [-0.39, 0.29) is 6.04 Å². The van der Waals surface area contributed by atoms with Crippen molar-refractivity contribution in [2.75, 3.05) is 5.32 Å². The molecule has 2 aromatic rings. The van der Waals surface area contributed by atoms with Gasteiger partial charge in [-0.25, -0.2) is 9.97 Å². The molecule has 0 radical (unpaired) electrons. The summed E-state index contributed by atoms with van der Waals surface area (Å²) in [6.07, 6.45) is 3.54. The summed E-state index contributed by atoms with van der Waals surface area (Å²) in [6.45, 7) is 3.87. The molecule has 0 amide bonds. The standard InChI is InChI=1S/C12H13ClN4/c1-8(10-3-5-14-6-4-10)15-12-7-11(13)16-9(2)17-12/h3-8H,1-2H3,(H,15,16,17)/t8-/m1/s1. The van der Waals surface area contributed by atoms with Crippen LogP contribution in [-0.2, 0) is 0 Å². The predicted octanol–water partition coefficient (Wildman–Crippen LogP) is 3.01. The number of pyridine rings is 1. The fourth-order valence-electron chi connectivity index (χ4n) is 1.56. The van der Waals surface area contributed by atoms with Gasteiger partial charge in [-0.3, -0.25) is 4.98 Å². The third kappa shape index (κ3) is 3.14. The Morgan fingerprint density at radius 3 is 2.59 bits per heavy atom. The van der Waals surface area contributed by atoms with E-state index in [0.717, 1.165) is 11.4 Å². The Morgan fingerprint density at radius 2 is 1.94 bits per heavy atom. The van der Waals surface area contributed by atoms with Crippen LogP contribution < -0.4 is 5.32 Å². The molecule has 0 aliphatic rings. The van der Waals surface area contributed by atoms with Crippen LogP contribution in [0.15, 0.2) is 30.6 Å². The number of aromatic nitrogens is 3. The first-order valence-corrected chi connectivity index (χ1v) is 5.70. The number of hydrogen-bond acceptors (Lipinski definition) is 4. The van der Waals surface area contributed by atoms with E-state index in [0.29, 0.717) is 11.0 Å². The van der Waals surface area contributed by atoms with Crippen molar-refractivity contribution in [1.82, 2.24) is 15.0 Å². The van der Waals surface area contributed by atoms with E-state index in [1.54, 1.807) is 18.5 Å². The number of hydrogen-bond donors (Lipinski definition) is 1. The van der Waals surface area contributed by atoms with Crippen molar-refractivity contribution in [3.63, 3.8) is 0 Å². The molecule has 4 nitrogen and oxygen atoms in total. The molecule has 88 valence electrons. The van der Waals surface area contributed by atoms with Crippen molar-refractivity contribution in [2.45, 2.75) is 19.9 Å². The lowest BCUT2D eigenvalue weighted by Crippen LogP contribution is -2.08. The van der Waals surface area contributed by atoms with Crippen molar-refractivity contribution < 1.29 is 0 Å². The number of halogens is 1. The molecular formula is C12H13ClN4. The van der Waals surface area contributed by atoms with E-state index in [9.17, 15) is 0 Å². The maximum atomic E-state index is 5.88. The molecule has 0 saturated heterocycles. The van der Waals surface area contributed by atoms with Crippen molar-refractivity contribution in [2.24, 2.45) is 0 Å². The topological polar surface area (TPSA) is 50.7 Å². The summed E-state index contributed by atoms with van der Waals surface area (Å²) >= 11 is 5.88. The summed E-state index contributed by atoms with van der Waals surface area (Å²) in [5.74, 6) is 1.38. The van der Waals surface area contributed by atoms with Gasteiger partial charge in [-0.1, -0.05) is 11.6 Å². The first-order chi connectivity index (χ1) is 8.15. The summed E-state index contributed by atoms with van der Waals surface area (Å²) in [6, 6.07) is 5.79. The molecule has 0 aromatic carbocycles. The van der Waals surface area contributed by atoms with Crippen molar-refractivity contribution >= 4 is 17.4 Å². The van der Waals surface area contributed by atoms with Gasteiger partial charge in [0, 0.05) is 18.5 Å². The predicted molar refractivity (Wildman–Crippen MR) is 68.1 cm³/mol. The van der Waals surface area contributed by atoms with E-state index >= 15 is 0 Å². The second-order valence-electron chi connectivity index (χ2n) is 3.77. The van der Waals surface area contributed by atoms with Gasteiger partial charge in [0.05, 0.1) is 6.04 Å². The summed E-state index contributed by atoms with van der Waals surface area (Å²) in [4.78, 5) is 12.3. The van der Waals surface area contributed by atoms with Crippen LogP contribution >= 0.6 is 11.6 Å². The number of nitrogens with one attached hydrogen (secondary N) is 1. The minimum atomic E-state index is 0.142. The Bertz CT molecular complexity index is 481. The molecule has 0 saturated carbocycles. The zero-order valence-electron chi connectivity index (χ0n) is 9.68. The zero-order valence-corrected chi connectivity index (χ0v) is 10.4. The summed E-state index contributed by atoms with van der Waals surface area (Å²) in [7, 11) is 0. The van der Waals surface area contributed by atoms with Gasteiger partial charge < -0.3 is 5.32 Å². The highest BCUT2D eigenvalue weighted by Gasteiger charge is 2.06. The summed E-state index contributed by atoms with van der Waals surface area (Å²) < 4.78 is 0. The van der Waals surface area contributed by atoms with E-state index in [1.807, 2.05) is 19.1 Å². The molecule has 5 heteroatoms. The first kappa shape index (κ1) is 11.8. The van der Waals surface area contributed by atoms with Crippen molar-refractivity contribution in [1.29, 1.82) is 0 Å². The molecule has 0 unspecified atom stereocenters. The Kier molecular flexibility index (Phi) is 3.54. The molecular weight excluding hydrogens is 236 g/mol. The fourth-order valence-corrected chi connectivity index (χ4v) is 1.79. The van der Waals surface area contributed by atoms with Crippen LogP contribution in [0.5, 0.6) is 0 Å². The van der Waals surface area contributed by atoms with Crippen LogP contribution in [0, 0.1) is 6.92 Å². The maximum Gasteiger partial charge on any atom is 0.134 e. The lowest BCUT2D eigenvalue weighted by molar-refractivity contribution is 0.864. The lowest BCUT2D eigenvalue weighted by Gasteiger charge is -2.14. The molecule has 2 rings (SSSR count). The smallest absolute Gasteiger partial charge is 0.134 e. The number of rotatable bonds is 3. The van der Waals surface area contributed by atoms with E-state index in [2.05, 4.69) is 27.2 Å². The van der Waals surface area contributed by atoms with Gasteiger partial charge in [0.2, 0.25) is 0 Å². The number of nitrogens with zero attached hydrogens (tertiary/aromatic N) is 3. The molecule has 1 atom stereocenters. The molecule has 0 aliphatic heterocycles. The van der Waals surface area contributed by atoms with E-state index in [1.165, 1.54) is 0 Å². The Hall–Kier alpha value is -1.68. The monoisotopic (exact) mass is 248 g/mol. The largest absolute Gasteiger partial charge is 0.363 e. The normalized spacial score (nSPS) is 12.2. The Morgan fingerprint density at radius 1 is 1.24 bits per heavy atom. The third-order valence-corrected chi connectivity index (χ3v) is 2.57. The molecule has 0 aliphatic carbocycles. The van der Waals surface area contributed by atoms with Crippen LogP contribution in [-0.4, -0.2) is 15.0 Å². The highest BCUT2D eigenvalue weighted by Crippen LogP contribution is 2.18. The zero-order chi connectivity index (χ0) is 12.3. The Balaban J connectivity index is 2.16. The highest BCUT2D eigenvalue weighted by atomic mass is 35.5. The SMILES string of the molecule is Cc1nc(Cl)cc(N[C@H](C)c2ccncc2)n1. The highest BCUT2D eigenvalue weighted by molar-refractivity contribution is 6.29. The maximum absolute atomic E-state index is 5.88. The average Bonchev–Trinajstić information content (AvgIpc) is 2.28. The molecule has 2 aromatic heterocycles. The minimum Gasteiger partial charge on any atom is -0.363 e. The average molecular weight is 249 g/mol. The fraction of sp³-hybridized carbons (Fsp3) is 0.250. The molecule has 17 heavy (non-hydrogen) atoms. The minimum absolute atomic E-state index is 0.142. The first-order valence-electron chi connectivity index (χ1n) is 5.33. The Labute approximate surface area is 105 Å². The molecule has 2 heterocycles. The van der Waals surface area contributed by atoms with Gasteiger partial charge >= 0.3 is 0 Å². The lowest BCUT2D eigenvalue weighted by atomic mass is 10.1. The second kappa shape index (κ2) is 5.10. The third-order valence-electron chi connectivity index (χ3n) is 2.38. The van der Waals surface area contributed by atoms with Crippen LogP contribution in [0.4, 0.5) is 5.82 Å².